The van der Waals surface area contributed by atoms with Crippen molar-refractivity contribution in [2.75, 3.05) is 12.4 Å². The van der Waals surface area contributed by atoms with E-state index in [1.807, 2.05) is 6.92 Å². The first-order chi connectivity index (χ1) is 7.79. The largest absolute Gasteiger partial charge is 0.461 e. The molecule has 7 heteroatoms. The van der Waals surface area contributed by atoms with Crippen LogP contribution < -0.4 is 0 Å². The van der Waals surface area contributed by atoms with E-state index in [1.165, 1.54) is 0 Å². The zero-order chi connectivity index (χ0) is 13.1. The van der Waals surface area contributed by atoms with Gasteiger partial charge in [-0.3, -0.25) is 4.55 Å². The lowest BCUT2D eigenvalue weighted by Gasteiger charge is -2.05. The molecule has 0 bridgehead atoms. The van der Waals surface area contributed by atoms with Gasteiger partial charge in [0, 0.05) is 3.57 Å². The van der Waals surface area contributed by atoms with Crippen LogP contribution in [-0.4, -0.2) is 31.3 Å². The van der Waals surface area contributed by atoms with Gasteiger partial charge in [0.05, 0.1) is 5.56 Å². The SMILES string of the molecule is Cc1cc(C(=O)OCCS(=O)(=O)O)ccc1I. The smallest absolute Gasteiger partial charge is 0.338 e. The minimum absolute atomic E-state index is 0.358. The summed E-state index contributed by atoms with van der Waals surface area (Å²) in [5.74, 6) is -1.20. The number of rotatable bonds is 4. The van der Waals surface area contributed by atoms with Crippen molar-refractivity contribution in [3.05, 3.63) is 32.9 Å². The molecule has 0 spiro atoms. The van der Waals surface area contributed by atoms with Crippen LogP contribution in [0.15, 0.2) is 18.2 Å². The summed E-state index contributed by atoms with van der Waals surface area (Å²) in [5, 5.41) is 0. The van der Waals surface area contributed by atoms with Crippen LogP contribution in [0.3, 0.4) is 0 Å². The summed E-state index contributed by atoms with van der Waals surface area (Å²) in [6, 6.07) is 5.04. The van der Waals surface area contributed by atoms with Gasteiger partial charge in [0.25, 0.3) is 10.1 Å². The lowest BCUT2D eigenvalue weighted by molar-refractivity contribution is 0.0528. The number of halogens is 1. The minimum Gasteiger partial charge on any atom is -0.461 e. The van der Waals surface area contributed by atoms with Crippen LogP contribution in [-0.2, 0) is 14.9 Å². The van der Waals surface area contributed by atoms with Crippen molar-refractivity contribution in [3.8, 4) is 0 Å². The minimum atomic E-state index is -4.10. The average Bonchev–Trinajstić information content (AvgIpc) is 2.20. The molecule has 1 aromatic rings. The second-order valence-electron chi connectivity index (χ2n) is 3.39. The molecular weight excluding hydrogens is 359 g/mol. The molecule has 0 aliphatic heterocycles. The Hall–Kier alpha value is -0.670. The summed E-state index contributed by atoms with van der Waals surface area (Å²) >= 11 is 2.14. The van der Waals surface area contributed by atoms with Gasteiger partial charge in [0.2, 0.25) is 0 Å². The first-order valence-electron chi connectivity index (χ1n) is 4.68. The van der Waals surface area contributed by atoms with Crippen LogP contribution >= 0.6 is 22.6 Å². The molecule has 0 heterocycles. The quantitative estimate of drug-likeness (QED) is 0.495. The Morgan fingerprint density at radius 1 is 1.47 bits per heavy atom. The fourth-order valence-electron chi connectivity index (χ4n) is 1.09. The Kier molecular flexibility index (Phi) is 4.90. The van der Waals surface area contributed by atoms with Gasteiger partial charge in [-0.05, 0) is 53.3 Å². The zero-order valence-corrected chi connectivity index (χ0v) is 12.0. The molecule has 0 saturated heterocycles. The zero-order valence-electron chi connectivity index (χ0n) is 9.01. The third kappa shape index (κ3) is 5.00. The first kappa shape index (κ1) is 14.4. The number of esters is 1. The predicted molar refractivity (Wildman–Crippen MR) is 70.6 cm³/mol. The topological polar surface area (TPSA) is 80.7 Å². The van der Waals surface area contributed by atoms with Gasteiger partial charge in [-0.25, -0.2) is 4.79 Å². The van der Waals surface area contributed by atoms with Gasteiger partial charge in [-0.2, -0.15) is 8.42 Å². The number of carbonyl (C=O) groups excluding carboxylic acids is 1. The van der Waals surface area contributed by atoms with Gasteiger partial charge in [-0.15, -0.1) is 0 Å². The van der Waals surface area contributed by atoms with Crippen molar-refractivity contribution in [1.29, 1.82) is 0 Å². The van der Waals surface area contributed by atoms with Crippen molar-refractivity contribution in [3.63, 3.8) is 0 Å². The standard InChI is InChI=1S/C10H11IO5S/c1-7-6-8(2-3-9(7)11)10(12)16-4-5-17(13,14)15/h2-3,6H,4-5H2,1H3,(H,13,14,15). The molecule has 1 N–H and O–H groups in total. The van der Waals surface area contributed by atoms with Crippen LogP contribution in [0.4, 0.5) is 0 Å². The summed E-state index contributed by atoms with van der Waals surface area (Å²) in [7, 11) is -4.10. The maximum atomic E-state index is 11.5. The monoisotopic (exact) mass is 370 g/mol. The highest BCUT2D eigenvalue weighted by Gasteiger charge is 2.11. The molecule has 5 nitrogen and oxygen atoms in total. The Morgan fingerprint density at radius 3 is 2.65 bits per heavy atom. The normalized spacial score (nSPS) is 11.2. The molecule has 17 heavy (non-hydrogen) atoms. The molecule has 0 aliphatic rings. The fourth-order valence-corrected chi connectivity index (χ4v) is 1.72. The van der Waals surface area contributed by atoms with Crippen LogP contribution in [0.5, 0.6) is 0 Å². The fraction of sp³-hybridized carbons (Fsp3) is 0.300. The van der Waals surface area contributed by atoms with E-state index >= 15 is 0 Å². The van der Waals surface area contributed by atoms with Gasteiger partial charge in [-0.1, -0.05) is 0 Å². The number of ether oxygens (including phenoxy) is 1. The molecule has 1 aromatic carbocycles. The third-order valence-corrected chi connectivity index (χ3v) is 3.86. The van der Waals surface area contributed by atoms with E-state index in [9.17, 15) is 13.2 Å². The molecule has 0 unspecified atom stereocenters. The summed E-state index contributed by atoms with van der Waals surface area (Å²) < 4.78 is 35.0. The molecule has 0 fully saturated rings. The molecule has 0 amide bonds. The Labute approximate surface area is 113 Å². The second kappa shape index (κ2) is 5.78. The van der Waals surface area contributed by atoms with Crippen molar-refractivity contribution in [1.82, 2.24) is 0 Å². The van der Waals surface area contributed by atoms with E-state index in [2.05, 4.69) is 22.6 Å². The van der Waals surface area contributed by atoms with Gasteiger partial charge >= 0.3 is 5.97 Å². The van der Waals surface area contributed by atoms with Crippen LogP contribution in [0.25, 0.3) is 0 Å². The van der Waals surface area contributed by atoms with E-state index in [0.29, 0.717) is 5.56 Å². The summed E-state index contributed by atoms with van der Waals surface area (Å²) in [6.07, 6.45) is 0. The van der Waals surface area contributed by atoms with E-state index in [1.54, 1.807) is 18.2 Å². The highest BCUT2D eigenvalue weighted by Crippen LogP contribution is 2.13. The molecule has 0 atom stereocenters. The Morgan fingerprint density at radius 2 is 2.12 bits per heavy atom. The number of carbonyl (C=O) groups is 1. The summed E-state index contributed by atoms with van der Waals surface area (Å²) in [5.41, 5.74) is 1.30. The van der Waals surface area contributed by atoms with E-state index in [4.69, 9.17) is 9.29 Å². The average molecular weight is 370 g/mol. The molecule has 0 radical (unpaired) electrons. The molecular formula is C10H11IO5S. The van der Waals surface area contributed by atoms with Gasteiger partial charge in [0.15, 0.2) is 0 Å². The van der Waals surface area contributed by atoms with E-state index in [0.717, 1.165) is 9.13 Å². The molecule has 0 saturated carbocycles. The molecule has 94 valence electrons. The van der Waals surface area contributed by atoms with Crippen LogP contribution in [0.2, 0.25) is 0 Å². The van der Waals surface area contributed by atoms with E-state index in [-0.39, 0.29) is 6.61 Å². The number of hydrogen-bond donors (Lipinski definition) is 1. The highest BCUT2D eigenvalue weighted by atomic mass is 127. The summed E-state index contributed by atoms with van der Waals surface area (Å²) in [6.45, 7) is 1.50. The Bertz CT molecular complexity index is 523. The van der Waals surface area contributed by atoms with Crippen LogP contribution in [0, 0.1) is 10.5 Å². The predicted octanol–water partition coefficient (Wildman–Crippen LogP) is 1.64. The lowest BCUT2D eigenvalue weighted by atomic mass is 10.1. The number of benzene rings is 1. The highest BCUT2D eigenvalue weighted by molar-refractivity contribution is 14.1. The Balaban J connectivity index is 2.61. The van der Waals surface area contributed by atoms with Gasteiger partial charge in [0.1, 0.15) is 12.4 Å². The molecule has 1 rings (SSSR count). The third-order valence-electron chi connectivity index (χ3n) is 1.97. The number of hydrogen-bond acceptors (Lipinski definition) is 4. The molecule has 0 aromatic heterocycles. The van der Waals surface area contributed by atoms with Gasteiger partial charge < -0.3 is 4.74 Å². The van der Waals surface area contributed by atoms with Crippen molar-refractivity contribution in [2.24, 2.45) is 0 Å². The van der Waals surface area contributed by atoms with Crippen molar-refractivity contribution >= 4 is 38.7 Å². The van der Waals surface area contributed by atoms with Crippen molar-refractivity contribution in [2.45, 2.75) is 6.92 Å². The van der Waals surface area contributed by atoms with E-state index < -0.39 is 21.8 Å². The molecule has 0 aliphatic carbocycles. The number of aryl methyl sites for hydroxylation is 1. The second-order valence-corrected chi connectivity index (χ2v) is 6.12. The van der Waals surface area contributed by atoms with Crippen molar-refractivity contribution < 1.29 is 22.5 Å². The van der Waals surface area contributed by atoms with Crippen LogP contribution in [0.1, 0.15) is 15.9 Å². The first-order valence-corrected chi connectivity index (χ1v) is 7.37. The lowest BCUT2D eigenvalue weighted by Crippen LogP contribution is -2.14. The maximum absolute atomic E-state index is 11.5. The summed E-state index contributed by atoms with van der Waals surface area (Å²) in [4.78, 5) is 11.5. The maximum Gasteiger partial charge on any atom is 0.338 e.